The third-order valence-electron chi connectivity index (χ3n) is 4.60. The van der Waals surface area contributed by atoms with E-state index in [4.69, 9.17) is 5.73 Å². The molecule has 0 unspecified atom stereocenters. The van der Waals surface area contributed by atoms with Gasteiger partial charge < -0.3 is 11.1 Å². The summed E-state index contributed by atoms with van der Waals surface area (Å²) in [6.07, 6.45) is 0.756. The number of thiophene rings is 2. The Morgan fingerprint density at radius 2 is 1.96 bits per heavy atom. The first kappa shape index (κ1) is 17.9. The number of carbonyl (C=O) groups is 2. The van der Waals surface area contributed by atoms with E-state index in [1.54, 1.807) is 6.07 Å². The zero-order valence-corrected chi connectivity index (χ0v) is 16.2. The number of primary amides is 1. The predicted octanol–water partition coefficient (Wildman–Crippen LogP) is 3.72. The second-order valence-electron chi connectivity index (χ2n) is 6.45. The van der Waals surface area contributed by atoms with E-state index < -0.39 is 5.91 Å². The lowest BCUT2D eigenvalue weighted by atomic mass is 10.0. The van der Waals surface area contributed by atoms with Gasteiger partial charge in [-0.25, -0.2) is 0 Å². The molecule has 138 valence electrons. The average molecular weight is 398 g/mol. The van der Waals surface area contributed by atoms with Crippen LogP contribution < -0.4 is 11.1 Å². The molecule has 0 bridgehead atoms. The lowest BCUT2D eigenvalue weighted by molar-refractivity contribution is 0.0999. The van der Waals surface area contributed by atoms with Gasteiger partial charge >= 0.3 is 0 Å². The number of rotatable bonds is 5. The van der Waals surface area contributed by atoms with Crippen LogP contribution in [-0.2, 0) is 19.5 Å². The van der Waals surface area contributed by atoms with Gasteiger partial charge in [0.05, 0.1) is 10.4 Å². The molecular weight excluding hydrogens is 378 g/mol. The van der Waals surface area contributed by atoms with Crippen molar-refractivity contribution in [2.24, 2.45) is 5.73 Å². The van der Waals surface area contributed by atoms with E-state index in [9.17, 15) is 9.59 Å². The lowest BCUT2D eigenvalue weighted by Crippen LogP contribution is -2.30. The summed E-state index contributed by atoms with van der Waals surface area (Å²) >= 11 is 2.83. The topological polar surface area (TPSA) is 75.4 Å². The van der Waals surface area contributed by atoms with Gasteiger partial charge in [0, 0.05) is 24.5 Å². The van der Waals surface area contributed by atoms with Gasteiger partial charge in [-0.15, -0.1) is 22.7 Å². The molecule has 1 aliphatic rings. The van der Waals surface area contributed by atoms with Gasteiger partial charge in [0.15, 0.2) is 0 Å². The Hall–Kier alpha value is -2.48. The summed E-state index contributed by atoms with van der Waals surface area (Å²) in [5, 5.41) is 5.30. The molecule has 3 N–H and O–H groups in total. The summed E-state index contributed by atoms with van der Waals surface area (Å²) in [6, 6.07) is 13.9. The second-order valence-corrected chi connectivity index (χ2v) is 8.50. The van der Waals surface area contributed by atoms with E-state index in [0.717, 1.165) is 36.5 Å². The van der Waals surface area contributed by atoms with E-state index in [1.807, 2.05) is 29.6 Å². The van der Waals surface area contributed by atoms with Crippen LogP contribution in [0, 0.1) is 0 Å². The smallest absolute Gasteiger partial charge is 0.266 e. The maximum Gasteiger partial charge on any atom is 0.266 e. The SMILES string of the molecule is NC(=O)c1c(NC(=O)c2cccs2)sc2c1CCN(Cc1ccccc1)C2. The number of fused-ring (bicyclic) bond motifs is 1. The molecule has 5 nitrogen and oxygen atoms in total. The lowest BCUT2D eigenvalue weighted by Gasteiger charge is -2.27. The summed E-state index contributed by atoms with van der Waals surface area (Å²) in [7, 11) is 0. The number of benzene rings is 1. The first-order valence-electron chi connectivity index (χ1n) is 8.67. The van der Waals surface area contributed by atoms with Crippen LogP contribution in [0.4, 0.5) is 5.00 Å². The van der Waals surface area contributed by atoms with Crippen molar-refractivity contribution in [1.82, 2.24) is 4.90 Å². The number of nitrogens with zero attached hydrogens (tertiary/aromatic N) is 1. The van der Waals surface area contributed by atoms with Crippen molar-refractivity contribution in [3.05, 3.63) is 74.3 Å². The summed E-state index contributed by atoms with van der Waals surface area (Å²) in [4.78, 5) is 28.5. The molecule has 0 radical (unpaired) electrons. The van der Waals surface area contributed by atoms with Crippen molar-refractivity contribution in [1.29, 1.82) is 0 Å². The minimum atomic E-state index is -0.481. The van der Waals surface area contributed by atoms with Crippen molar-refractivity contribution < 1.29 is 9.59 Å². The molecule has 2 amide bonds. The summed E-state index contributed by atoms with van der Waals surface area (Å²) < 4.78 is 0. The number of hydrogen-bond acceptors (Lipinski definition) is 5. The standard InChI is InChI=1S/C20H19N3O2S2/c21-18(24)17-14-8-9-23(11-13-5-2-1-3-6-13)12-16(14)27-20(17)22-19(25)15-7-4-10-26-15/h1-7,10H,8-9,11-12H2,(H2,21,24)(H,22,25). The highest BCUT2D eigenvalue weighted by Crippen LogP contribution is 2.37. The highest BCUT2D eigenvalue weighted by Gasteiger charge is 2.28. The van der Waals surface area contributed by atoms with Crippen LogP contribution in [0.15, 0.2) is 47.8 Å². The summed E-state index contributed by atoms with van der Waals surface area (Å²) in [5.41, 5.74) is 8.36. The Kier molecular flexibility index (Phi) is 5.07. The molecule has 0 fully saturated rings. The Bertz CT molecular complexity index is 965. The first-order chi connectivity index (χ1) is 13.1. The van der Waals surface area contributed by atoms with Crippen molar-refractivity contribution in [2.45, 2.75) is 19.5 Å². The monoisotopic (exact) mass is 397 g/mol. The van der Waals surface area contributed by atoms with Crippen LogP contribution in [0.2, 0.25) is 0 Å². The quantitative estimate of drug-likeness (QED) is 0.689. The van der Waals surface area contributed by atoms with E-state index in [2.05, 4.69) is 22.3 Å². The number of anilines is 1. The van der Waals surface area contributed by atoms with Crippen LogP contribution in [0.1, 0.15) is 36.0 Å². The average Bonchev–Trinajstić information content (AvgIpc) is 3.29. The van der Waals surface area contributed by atoms with Crippen LogP contribution in [-0.4, -0.2) is 23.3 Å². The Morgan fingerprint density at radius 1 is 1.15 bits per heavy atom. The largest absolute Gasteiger partial charge is 0.365 e. The number of amides is 2. The second kappa shape index (κ2) is 7.64. The van der Waals surface area contributed by atoms with Crippen LogP contribution in [0.25, 0.3) is 0 Å². The van der Waals surface area contributed by atoms with E-state index in [0.29, 0.717) is 15.4 Å². The number of carbonyl (C=O) groups excluding carboxylic acids is 2. The Morgan fingerprint density at radius 3 is 2.67 bits per heavy atom. The number of nitrogens with one attached hydrogen (secondary N) is 1. The molecule has 0 aliphatic carbocycles. The summed E-state index contributed by atoms with van der Waals surface area (Å²) in [6.45, 7) is 2.47. The predicted molar refractivity (Wildman–Crippen MR) is 109 cm³/mol. The molecule has 7 heteroatoms. The van der Waals surface area contributed by atoms with E-state index in [-0.39, 0.29) is 5.91 Å². The fourth-order valence-corrected chi connectivity index (χ4v) is 5.26. The molecule has 2 aromatic heterocycles. The van der Waals surface area contributed by atoms with Gasteiger partial charge in [-0.05, 0) is 29.0 Å². The fraction of sp³-hybridized carbons (Fsp3) is 0.200. The van der Waals surface area contributed by atoms with Crippen LogP contribution >= 0.6 is 22.7 Å². The van der Waals surface area contributed by atoms with Crippen molar-refractivity contribution in [3.63, 3.8) is 0 Å². The van der Waals surface area contributed by atoms with Gasteiger partial charge in [0.2, 0.25) is 0 Å². The molecular formula is C20H19N3O2S2. The molecule has 3 heterocycles. The Balaban J connectivity index is 1.57. The van der Waals surface area contributed by atoms with Gasteiger partial charge in [-0.1, -0.05) is 36.4 Å². The van der Waals surface area contributed by atoms with Crippen molar-refractivity contribution in [3.8, 4) is 0 Å². The Labute approximate surface area is 165 Å². The maximum atomic E-state index is 12.4. The molecule has 27 heavy (non-hydrogen) atoms. The molecule has 1 aromatic carbocycles. The highest BCUT2D eigenvalue weighted by molar-refractivity contribution is 7.17. The summed E-state index contributed by atoms with van der Waals surface area (Å²) in [5.74, 6) is -0.683. The molecule has 4 rings (SSSR count). The van der Waals surface area contributed by atoms with Crippen LogP contribution in [0.3, 0.4) is 0 Å². The third-order valence-corrected chi connectivity index (χ3v) is 6.60. The molecule has 0 saturated carbocycles. The zero-order valence-electron chi connectivity index (χ0n) is 14.6. The van der Waals surface area contributed by atoms with Crippen LogP contribution in [0.5, 0.6) is 0 Å². The van der Waals surface area contributed by atoms with Gasteiger partial charge in [0.25, 0.3) is 11.8 Å². The normalized spacial score (nSPS) is 13.9. The van der Waals surface area contributed by atoms with E-state index >= 15 is 0 Å². The van der Waals surface area contributed by atoms with Gasteiger partial charge in [-0.3, -0.25) is 14.5 Å². The van der Waals surface area contributed by atoms with E-state index in [1.165, 1.54) is 28.2 Å². The van der Waals surface area contributed by atoms with Crippen molar-refractivity contribution >= 4 is 39.5 Å². The van der Waals surface area contributed by atoms with Gasteiger partial charge in [-0.2, -0.15) is 0 Å². The molecule has 0 spiro atoms. The minimum absolute atomic E-state index is 0.202. The maximum absolute atomic E-state index is 12.4. The van der Waals surface area contributed by atoms with Crippen molar-refractivity contribution in [2.75, 3.05) is 11.9 Å². The number of hydrogen-bond donors (Lipinski definition) is 2. The fourth-order valence-electron chi connectivity index (χ4n) is 3.35. The molecule has 0 atom stereocenters. The molecule has 0 saturated heterocycles. The zero-order chi connectivity index (χ0) is 18.8. The molecule has 3 aromatic rings. The highest BCUT2D eigenvalue weighted by atomic mass is 32.1. The third kappa shape index (κ3) is 3.80. The molecule has 1 aliphatic heterocycles. The first-order valence-corrected chi connectivity index (χ1v) is 10.4. The minimum Gasteiger partial charge on any atom is -0.365 e. The number of nitrogens with two attached hydrogens (primary N) is 1. The van der Waals surface area contributed by atoms with Gasteiger partial charge in [0.1, 0.15) is 5.00 Å².